The van der Waals surface area contributed by atoms with Gasteiger partial charge in [-0.05, 0) is 43.2 Å². The fourth-order valence-electron chi connectivity index (χ4n) is 1.30. The monoisotopic (exact) mass is 171 g/mol. The predicted octanol–water partition coefficient (Wildman–Crippen LogP) is 2.03. The van der Waals surface area contributed by atoms with E-state index in [1.807, 2.05) is 0 Å². The highest BCUT2D eigenvalue weighted by Crippen LogP contribution is 2.23. The first-order valence-corrected chi connectivity index (χ1v) is 5.53. The molecule has 1 nitrogen and oxygen atoms in total. The fraction of sp³-hybridized carbons (Fsp3) is 0.778. The Morgan fingerprint density at radius 2 is 2.45 bits per heavy atom. The van der Waals surface area contributed by atoms with Gasteiger partial charge < -0.3 is 5.73 Å². The van der Waals surface area contributed by atoms with E-state index in [4.69, 9.17) is 5.73 Å². The summed E-state index contributed by atoms with van der Waals surface area (Å²) in [5, 5.41) is 0. The molecule has 1 fully saturated rings. The zero-order valence-corrected chi connectivity index (χ0v) is 7.78. The van der Waals surface area contributed by atoms with Crippen molar-refractivity contribution in [2.75, 3.05) is 18.1 Å². The molecule has 1 rings (SSSR count). The van der Waals surface area contributed by atoms with Crippen LogP contribution >= 0.6 is 11.8 Å². The van der Waals surface area contributed by atoms with E-state index in [0.717, 1.165) is 18.9 Å². The van der Waals surface area contributed by atoms with Crippen LogP contribution in [0.25, 0.3) is 0 Å². The molecule has 0 aliphatic carbocycles. The Bertz CT molecular complexity index is 117. The van der Waals surface area contributed by atoms with Crippen molar-refractivity contribution in [3.63, 3.8) is 0 Å². The summed E-state index contributed by atoms with van der Waals surface area (Å²) in [6.45, 7) is 0.788. The molecule has 0 radical (unpaired) electrons. The summed E-state index contributed by atoms with van der Waals surface area (Å²) in [7, 11) is 0. The van der Waals surface area contributed by atoms with Gasteiger partial charge >= 0.3 is 0 Å². The van der Waals surface area contributed by atoms with Gasteiger partial charge in [-0.2, -0.15) is 11.8 Å². The zero-order valence-electron chi connectivity index (χ0n) is 6.96. The largest absolute Gasteiger partial charge is 0.330 e. The molecule has 0 saturated carbocycles. The summed E-state index contributed by atoms with van der Waals surface area (Å²) in [6.07, 6.45) is 8.40. The molecule has 1 unspecified atom stereocenters. The molecule has 0 aromatic heterocycles. The lowest BCUT2D eigenvalue weighted by Gasteiger charge is -2.17. The first-order valence-electron chi connectivity index (χ1n) is 4.38. The summed E-state index contributed by atoms with van der Waals surface area (Å²) >= 11 is 2.08. The molecule has 0 aromatic rings. The maximum absolute atomic E-state index is 5.39. The van der Waals surface area contributed by atoms with Gasteiger partial charge in [0.1, 0.15) is 0 Å². The lowest BCUT2D eigenvalue weighted by Crippen LogP contribution is -2.07. The first-order chi connectivity index (χ1) is 5.43. The standard InChI is InChI=1S/C9H17NS/c10-6-2-1-4-9-5-3-7-11-8-9/h1,4,9H,2-3,5-8,10H2/b4-1-. The Hall–Kier alpha value is 0.0500. The Labute approximate surface area is 73.4 Å². The minimum absolute atomic E-state index is 0.788. The summed E-state index contributed by atoms with van der Waals surface area (Å²) in [5.74, 6) is 3.52. The van der Waals surface area contributed by atoms with Crippen molar-refractivity contribution in [2.45, 2.75) is 19.3 Å². The van der Waals surface area contributed by atoms with E-state index in [1.165, 1.54) is 24.3 Å². The van der Waals surface area contributed by atoms with Crippen LogP contribution in [0.1, 0.15) is 19.3 Å². The second-order valence-corrected chi connectivity index (χ2v) is 4.13. The summed E-state index contributed by atoms with van der Waals surface area (Å²) in [5.41, 5.74) is 5.39. The topological polar surface area (TPSA) is 26.0 Å². The van der Waals surface area contributed by atoms with Gasteiger partial charge in [0.25, 0.3) is 0 Å². The third kappa shape index (κ3) is 3.82. The molecule has 1 aliphatic rings. The molecular formula is C9H17NS. The van der Waals surface area contributed by atoms with Crippen LogP contribution in [-0.4, -0.2) is 18.1 Å². The van der Waals surface area contributed by atoms with Crippen LogP contribution in [0.15, 0.2) is 12.2 Å². The molecule has 2 N–H and O–H groups in total. The highest BCUT2D eigenvalue weighted by Gasteiger charge is 2.09. The molecule has 1 saturated heterocycles. The van der Waals surface area contributed by atoms with Crippen molar-refractivity contribution in [3.8, 4) is 0 Å². The van der Waals surface area contributed by atoms with Gasteiger partial charge in [0.05, 0.1) is 0 Å². The van der Waals surface area contributed by atoms with Gasteiger partial charge in [-0.3, -0.25) is 0 Å². The maximum atomic E-state index is 5.39. The van der Waals surface area contributed by atoms with Crippen LogP contribution in [0.2, 0.25) is 0 Å². The smallest absolute Gasteiger partial charge is 0.000446 e. The van der Waals surface area contributed by atoms with Crippen LogP contribution in [-0.2, 0) is 0 Å². The van der Waals surface area contributed by atoms with E-state index in [9.17, 15) is 0 Å². The van der Waals surface area contributed by atoms with Crippen molar-refractivity contribution in [1.29, 1.82) is 0 Å². The number of nitrogens with two attached hydrogens (primary N) is 1. The first kappa shape index (κ1) is 9.14. The van der Waals surface area contributed by atoms with Gasteiger partial charge in [0.2, 0.25) is 0 Å². The molecule has 2 heteroatoms. The Morgan fingerprint density at radius 1 is 1.55 bits per heavy atom. The second-order valence-electron chi connectivity index (χ2n) is 2.98. The molecule has 0 spiro atoms. The number of allylic oxidation sites excluding steroid dienone is 1. The molecule has 0 bridgehead atoms. The Kier molecular flexibility index (Phi) is 4.71. The van der Waals surface area contributed by atoms with E-state index in [-0.39, 0.29) is 0 Å². The minimum Gasteiger partial charge on any atom is -0.330 e. The lowest BCUT2D eigenvalue weighted by atomic mass is 10.0. The van der Waals surface area contributed by atoms with Crippen molar-refractivity contribution < 1.29 is 0 Å². The fourth-order valence-corrected chi connectivity index (χ4v) is 2.42. The van der Waals surface area contributed by atoms with Crippen LogP contribution in [0, 0.1) is 5.92 Å². The van der Waals surface area contributed by atoms with Gasteiger partial charge in [-0.25, -0.2) is 0 Å². The third-order valence-electron chi connectivity index (χ3n) is 1.94. The van der Waals surface area contributed by atoms with Crippen molar-refractivity contribution in [1.82, 2.24) is 0 Å². The molecular weight excluding hydrogens is 154 g/mol. The van der Waals surface area contributed by atoms with Gasteiger partial charge in [-0.1, -0.05) is 12.2 Å². The lowest BCUT2D eigenvalue weighted by molar-refractivity contribution is 0.628. The van der Waals surface area contributed by atoms with E-state index < -0.39 is 0 Å². The molecule has 0 aromatic carbocycles. The molecule has 1 heterocycles. The SMILES string of the molecule is NCC/C=C\C1CCCSC1. The second kappa shape index (κ2) is 5.67. The number of hydrogen-bond acceptors (Lipinski definition) is 2. The van der Waals surface area contributed by atoms with Crippen LogP contribution in [0.4, 0.5) is 0 Å². The van der Waals surface area contributed by atoms with Gasteiger partial charge in [0, 0.05) is 0 Å². The molecule has 1 atom stereocenters. The predicted molar refractivity (Wildman–Crippen MR) is 52.9 cm³/mol. The Morgan fingerprint density at radius 3 is 3.09 bits per heavy atom. The Balaban J connectivity index is 2.13. The third-order valence-corrected chi connectivity index (χ3v) is 3.18. The van der Waals surface area contributed by atoms with E-state index in [1.54, 1.807) is 0 Å². The summed E-state index contributed by atoms with van der Waals surface area (Å²) < 4.78 is 0. The van der Waals surface area contributed by atoms with Crippen molar-refractivity contribution in [3.05, 3.63) is 12.2 Å². The average molecular weight is 171 g/mol. The quantitative estimate of drug-likeness (QED) is 0.658. The van der Waals surface area contributed by atoms with Gasteiger partial charge in [0.15, 0.2) is 0 Å². The van der Waals surface area contributed by atoms with Gasteiger partial charge in [-0.15, -0.1) is 0 Å². The summed E-state index contributed by atoms with van der Waals surface area (Å²) in [4.78, 5) is 0. The molecule has 1 aliphatic heterocycles. The number of hydrogen-bond donors (Lipinski definition) is 1. The van der Waals surface area contributed by atoms with E-state index in [2.05, 4.69) is 23.9 Å². The molecule has 0 amide bonds. The number of thioether (sulfide) groups is 1. The summed E-state index contributed by atoms with van der Waals surface area (Å²) in [6, 6.07) is 0. The van der Waals surface area contributed by atoms with Crippen molar-refractivity contribution >= 4 is 11.8 Å². The number of rotatable bonds is 3. The van der Waals surface area contributed by atoms with E-state index in [0.29, 0.717) is 0 Å². The van der Waals surface area contributed by atoms with Crippen LogP contribution in [0.5, 0.6) is 0 Å². The van der Waals surface area contributed by atoms with Crippen LogP contribution in [0.3, 0.4) is 0 Å². The molecule has 11 heavy (non-hydrogen) atoms. The van der Waals surface area contributed by atoms with E-state index >= 15 is 0 Å². The maximum Gasteiger partial charge on any atom is -0.000446 e. The highest BCUT2D eigenvalue weighted by atomic mass is 32.2. The normalized spacial score (nSPS) is 26.1. The average Bonchev–Trinajstić information content (AvgIpc) is 2.07. The van der Waals surface area contributed by atoms with Crippen LogP contribution < -0.4 is 5.73 Å². The minimum atomic E-state index is 0.788. The molecule has 64 valence electrons. The highest BCUT2D eigenvalue weighted by molar-refractivity contribution is 7.99. The zero-order chi connectivity index (χ0) is 7.94. The van der Waals surface area contributed by atoms with Crippen molar-refractivity contribution in [2.24, 2.45) is 11.7 Å².